The number of aromatic amines is 2. The van der Waals surface area contributed by atoms with Gasteiger partial charge in [-0.25, -0.2) is 9.78 Å². The molecule has 13 atom stereocenters. The number of aliphatic hydroxyl groups excluding tert-OH is 1. The van der Waals surface area contributed by atoms with E-state index < -0.39 is 205 Å². The molecule has 39 nitrogen and oxygen atoms in total. The summed E-state index contributed by atoms with van der Waals surface area (Å²) >= 11 is 3.34. The van der Waals surface area contributed by atoms with Crippen molar-refractivity contribution in [3.8, 4) is 0 Å². The van der Waals surface area contributed by atoms with E-state index >= 15 is 19.2 Å². The molecule has 0 aliphatic carbocycles. The maximum atomic E-state index is 15.4. The normalized spacial score (nSPS) is 24.9. The quantitative estimate of drug-likeness (QED) is 0.0233. The molecule has 0 radical (unpaired) electrons. The number of guanidine groups is 1. The van der Waals surface area contributed by atoms with Crippen molar-refractivity contribution >= 4 is 147 Å². The summed E-state index contributed by atoms with van der Waals surface area (Å²) in [5.41, 5.74) is 14.4. The molecule has 3 aliphatic rings. The van der Waals surface area contributed by atoms with Gasteiger partial charge in [0.25, 0.3) is 0 Å². The van der Waals surface area contributed by atoms with Gasteiger partial charge in [0.2, 0.25) is 82.7 Å². The van der Waals surface area contributed by atoms with Crippen molar-refractivity contribution < 1.29 is 92.0 Å². The van der Waals surface area contributed by atoms with Crippen molar-refractivity contribution in [1.29, 1.82) is 5.41 Å². The van der Waals surface area contributed by atoms with E-state index in [9.17, 15) is 72.9 Å². The molecule has 23 N–H and O–H groups in total. The Bertz CT molecular complexity index is 4260. The number of carboxylic acid groups (broad SMARTS) is 2. The summed E-state index contributed by atoms with van der Waals surface area (Å²) in [6.07, 6.45) is 1.97. The van der Waals surface area contributed by atoms with Gasteiger partial charge in [-0.2, -0.15) is 35.3 Å². The highest BCUT2D eigenvalue weighted by Gasteiger charge is 2.42. The molecule has 4 bridgehead atoms. The first kappa shape index (κ1) is 94.1. The van der Waals surface area contributed by atoms with Crippen LogP contribution in [0, 0.1) is 17.2 Å². The fraction of sp³-hybridized carbons (Fsp3) is 0.553. The zero-order chi connectivity index (χ0) is 86.4. The number of unbranched alkanes of at least 4 members (excludes halogenated alkanes) is 1. The lowest BCUT2D eigenvalue weighted by Crippen LogP contribution is -2.61. The average Bonchev–Trinajstić information content (AvgIpc) is 1.64. The number of nitrogens with two attached hydrogens (primary N) is 2. The highest BCUT2D eigenvalue weighted by Crippen LogP contribution is 2.27. The Morgan fingerprint density at radius 2 is 1.14 bits per heavy atom. The number of aromatic nitrogens is 3. The number of nitrogens with one attached hydrogen (secondary N) is 16. The number of carboxylic acids is 2. The molecule has 0 saturated carbocycles. The van der Waals surface area contributed by atoms with Gasteiger partial charge in [0.05, 0.1) is 19.4 Å². The second kappa shape index (κ2) is 46.2. The number of carbonyl (C=O) groups excluding carboxylic acids is 14. The van der Waals surface area contributed by atoms with Crippen LogP contribution in [0.4, 0.5) is 0 Å². The van der Waals surface area contributed by atoms with E-state index in [1.165, 1.54) is 31.3 Å². The Hall–Kier alpha value is -11.0. The molecule has 644 valence electrons. The van der Waals surface area contributed by atoms with Crippen LogP contribution < -0.4 is 80.6 Å². The molecule has 2 aromatic heterocycles. The summed E-state index contributed by atoms with van der Waals surface area (Å²) in [7, 11) is 0. The minimum atomic E-state index is -1.99. The molecule has 118 heavy (non-hydrogen) atoms. The van der Waals surface area contributed by atoms with Crippen molar-refractivity contribution in [2.75, 3.05) is 37.0 Å². The second-order valence-corrected chi connectivity index (χ2v) is 33.1. The van der Waals surface area contributed by atoms with Crippen molar-refractivity contribution in [3.63, 3.8) is 0 Å². The van der Waals surface area contributed by atoms with Crippen LogP contribution in [0.2, 0.25) is 0 Å². The largest absolute Gasteiger partial charge is 0.481 e. The number of amides is 14. The van der Waals surface area contributed by atoms with E-state index in [0.29, 0.717) is 39.6 Å². The molecule has 0 unspecified atom stereocenters. The number of para-hydroxylation sites is 1. The number of hydrogen-bond donors (Lipinski definition) is 21. The van der Waals surface area contributed by atoms with Gasteiger partial charge in [-0.05, 0) is 98.4 Å². The first-order valence-electron chi connectivity index (χ1n) is 38.8. The van der Waals surface area contributed by atoms with E-state index in [1.54, 1.807) is 76.4 Å². The predicted molar refractivity (Wildman–Crippen MR) is 437 cm³/mol. The molecule has 2 aromatic carbocycles. The number of nitrogens with zero attached hydrogens (tertiary/aromatic N) is 2. The summed E-state index contributed by atoms with van der Waals surface area (Å²) in [5, 5.41) is 73.7. The molecule has 0 spiro atoms. The van der Waals surface area contributed by atoms with Crippen molar-refractivity contribution in [1.82, 2.24) is 89.0 Å². The third-order valence-corrected chi connectivity index (χ3v) is 22.6. The third-order valence-electron chi connectivity index (χ3n) is 19.3. The molecule has 4 aromatic rings. The highest BCUT2D eigenvalue weighted by molar-refractivity contribution is 7.99. The monoisotopic (exact) mass is 1700 g/mol. The molecule has 42 heteroatoms. The summed E-state index contributed by atoms with van der Waals surface area (Å²) in [5.74, 6) is -18.0. The Morgan fingerprint density at radius 1 is 0.602 bits per heavy atom. The van der Waals surface area contributed by atoms with E-state index in [-0.39, 0.29) is 117 Å². The maximum absolute atomic E-state index is 15.4. The molecule has 14 amide bonds. The van der Waals surface area contributed by atoms with E-state index in [4.69, 9.17) is 16.9 Å². The average molecular weight is 1700 g/mol. The highest BCUT2D eigenvalue weighted by atomic mass is 32.2. The molecule has 1 fully saturated rings. The summed E-state index contributed by atoms with van der Waals surface area (Å²) < 4.78 is 0. The molecular weight excluding hydrogens is 1590 g/mol. The Kier molecular flexibility index (Phi) is 36.9. The first-order chi connectivity index (χ1) is 56.0. The van der Waals surface area contributed by atoms with Crippen LogP contribution >= 0.6 is 35.3 Å². The lowest BCUT2D eigenvalue weighted by molar-refractivity contribution is -0.143. The van der Waals surface area contributed by atoms with Crippen LogP contribution in [-0.4, -0.2) is 251 Å². The van der Waals surface area contributed by atoms with Crippen molar-refractivity contribution in [3.05, 3.63) is 89.1 Å². The third kappa shape index (κ3) is 29.9. The second-order valence-electron chi connectivity index (χ2n) is 30.1. The number of imidazole rings is 1. The van der Waals surface area contributed by atoms with Gasteiger partial charge in [0.1, 0.15) is 78.5 Å². The van der Waals surface area contributed by atoms with Crippen LogP contribution in [0.15, 0.2) is 61.2 Å². The number of aliphatic carboxylic acids is 2. The van der Waals surface area contributed by atoms with Gasteiger partial charge in [0.15, 0.2) is 5.96 Å². The predicted octanol–water partition coefficient (Wildman–Crippen LogP) is -2.49. The number of H-pyrrole nitrogens is 2. The Labute approximate surface area is 693 Å². The van der Waals surface area contributed by atoms with Crippen LogP contribution in [0.1, 0.15) is 134 Å². The van der Waals surface area contributed by atoms with Gasteiger partial charge in [-0.3, -0.25) is 77.3 Å². The zero-order valence-corrected chi connectivity index (χ0v) is 68.9. The van der Waals surface area contributed by atoms with Gasteiger partial charge >= 0.3 is 11.9 Å². The molecule has 5 heterocycles. The SMILES string of the molecule is CC(=O)N[C@H]1CSCc2cc3cc(c2)CSC[C@H](NC(=O)[C@H](CCCCNC(=N)N)NC(=O)[C@H](C)NC(=O)[C@@H]2CCCN2C(=O)[C@H](Cc2c[nH]c4ccccc24)NC(=O)[C@H](CO)NC1=O)C(=O)N[C@@H](CC(C)C)C(=O)N[C@@H](Cc1cnc[nH]1)C(=O)N[C@@H](CCC(N)=O)C(=O)N[C@@H](CC(=O)O)C(=O)N[C@@H](CC(C)C)C(=O)N[C@H](C(=O)O)CSC3. The number of benzene rings is 2. The number of aliphatic hydroxyl groups is 1. The first-order valence-corrected chi connectivity index (χ1v) is 42.2. The van der Waals surface area contributed by atoms with Crippen LogP contribution in [-0.2, 0) is 107 Å². The molecule has 3 aliphatic heterocycles. The van der Waals surface area contributed by atoms with Crippen LogP contribution in [0.3, 0.4) is 0 Å². The number of thioether (sulfide) groups is 3. The van der Waals surface area contributed by atoms with Gasteiger partial charge in [-0.1, -0.05) is 64.1 Å². The smallest absolute Gasteiger partial charge is 0.327 e. The van der Waals surface area contributed by atoms with Gasteiger partial charge in [-0.15, -0.1) is 0 Å². The fourth-order valence-corrected chi connectivity index (χ4v) is 16.4. The maximum Gasteiger partial charge on any atom is 0.327 e. The number of fused-ring (bicyclic) bond motifs is 7. The molecule has 1 saturated heterocycles. The van der Waals surface area contributed by atoms with Gasteiger partial charge < -0.3 is 111 Å². The number of rotatable bonds is 21. The van der Waals surface area contributed by atoms with E-state index in [1.807, 2.05) is 0 Å². The van der Waals surface area contributed by atoms with E-state index in [2.05, 4.69) is 84.1 Å². The topological polar surface area (TPSA) is 614 Å². The Morgan fingerprint density at radius 3 is 1.75 bits per heavy atom. The van der Waals surface area contributed by atoms with Crippen LogP contribution in [0.5, 0.6) is 0 Å². The fourth-order valence-electron chi connectivity index (χ4n) is 13.4. The van der Waals surface area contributed by atoms with Crippen molar-refractivity contribution in [2.24, 2.45) is 23.3 Å². The number of carbonyl (C=O) groups is 16. The lowest BCUT2D eigenvalue weighted by Gasteiger charge is -2.30. The van der Waals surface area contributed by atoms with E-state index in [0.717, 1.165) is 35.3 Å². The standard InChI is InChI=1S/C76H108N20O19S3/c1-38(2)20-51-66(105)90-53(26-46-29-80-37-83-46)68(107)87-50(16-17-61(77)99)65(104)91-54(27-62(100)101)69(108)88-52(21-39(3)4)67(106)95-59(75(114)115)36-118-33-44-23-42-22-43(24-44)32-117-35-58(72(111)89-51)94-64(103)49(14-9-10-18-81-76(78)79)86-63(102)40(5)84-73(112)60-15-11-19-96(60)74(113)55(25-45-28-82-48-13-8-7-12-47(45)48)92-70(109)56(30-97)93-71(110)57(34-116-31-42)85-41(6)98/h7-8,12-13,22-24,28-29,37-40,49-60,82,97H,9-11,14-21,25-27,30-36H2,1-6H3,(H2,77,99)(H,80,83)(H,84,112)(H,85,98)(H,86,102)(H,87,107)(H,88,108)(H,89,111)(H,90,105)(H,91,104)(H,92,109)(H,93,110)(H,94,103)(H,95,106)(H,100,101)(H,114,115)(H4,78,79,81)/t40-,49-,50-,51-,52-,53-,54-,55-,56-,57-,58-,59-,60-/m0/s1. The summed E-state index contributed by atoms with van der Waals surface area (Å²) in [6.45, 7) is 8.52. The van der Waals surface area contributed by atoms with Crippen molar-refractivity contribution in [2.45, 2.75) is 214 Å². The number of primary amides is 1. The minimum Gasteiger partial charge on any atom is -0.481 e. The Balaban J connectivity index is 1.35. The minimum absolute atomic E-state index is 0.0124. The van der Waals surface area contributed by atoms with Gasteiger partial charge in [0, 0.05) is 103 Å². The number of hydrogen-bond acceptors (Lipinski definition) is 22. The lowest BCUT2D eigenvalue weighted by atomic mass is 10.0. The zero-order valence-electron chi connectivity index (χ0n) is 66.4. The summed E-state index contributed by atoms with van der Waals surface area (Å²) in [4.78, 5) is 239. The molecular formula is C76H108N20O19S3. The summed E-state index contributed by atoms with van der Waals surface area (Å²) in [6, 6.07) is -7.91. The molecule has 7 rings (SSSR count). The van der Waals surface area contributed by atoms with Crippen LogP contribution in [0.25, 0.3) is 10.9 Å².